The Morgan fingerprint density at radius 3 is 2.56 bits per heavy atom. The molecule has 5 rings (SSSR count). The van der Waals surface area contributed by atoms with Gasteiger partial charge in [0.1, 0.15) is 11.3 Å². The summed E-state index contributed by atoms with van der Waals surface area (Å²) < 4.78 is 46.2. The molecule has 1 fully saturated rings. The van der Waals surface area contributed by atoms with E-state index < -0.39 is 11.9 Å². The zero-order valence-corrected chi connectivity index (χ0v) is 16.8. The van der Waals surface area contributed by atoms with Gasteiger partial charge in [-0.05, 0) is 31.0 Å². The Kier molecular flexibility index (Phi) is 4.98. The van der Waals surface area contributed by atoms with Gasteiger partial charge in [0.25, 0.3) is 0 Å². The lowest BCUT2D eigenvalue weighted by Crippen LogP contribution is -2.21. The SMILES string of the molecule is N#Cc1ccc2ncc3nc(Cc4cnc(C(F)(F)F)cn4)n(C4CCOCC4)c3c2c1. The largest absolute Gasteiger partial charge is 0.434 e. The van der Waals surface area contributed by atoms with Crippen molar-refractivity contribution in [1.82, 2.24) is 24.5 Å². The Morgan fingerprint density at radius 2 is 1.88 bits per heavy atom. The molecule has 1 aromatic carbocycles. The molecule has 0 unspecified atom stereocenters. The second kappa shape index (κ2) is 7.84. The van der Waals surface area contributed by atoms with Crippen LogP contribution in [0.2, 0.25) is 0 Å². The molecule has 1 aliphatic rings. The van der Waals surface area contributed by atoms with E-state index in [1.807, 2.05) is 0 Å². The summed E-state index contributed by atoms with van der Waals surface area (Å²) in [4.78, 5) is 16.7. The smallest absolute Gasteiger partial charge is 0.381 e. The molecule has 10 heteroatoms. The van der Waals surface area contributed by atoms with Crippen molar-refractivity contribution in [2.75, 3.05) is 13.2 Å². The fourth-order valence-electron chi connectivity index (χ4n) is 4.11. The molecule has 4 aromatic rings. The number of aromatic nitrogens is 5. The van der Waals surface area contributed by atoms with Crippen LogP contribution in [0.15, 0.2) is 36.8 Å². The van der Waals surface area contributed by atoms with Gasteiger partial charge >= 0.3 is 6.18 Å². The first-order valence-electron chi connectivity index (χ1n) is 10.1. The number of rotatable bonds is 3. The molecule has 0 saturated carbocycles. The number of alkyl halides is 3. The van der Waals surface area contributed by atoms with Crippen molar-refractivity contribution in [2.24, 2.45) is 0 Å². The van der Waals surface area contributed by atoms with E-state index in [0.717, 1.165) is 41.7 Å². The highest BCUT2D eigenvalue weighted by atomic mass is 19.4. The first kappa shape index (κ1) is 20.3. The van der Waals surface area contributed by atoms with E-state index in [1.54, 1.807) is 24.4 Å². The highest BCUT2D eigenvalue weighted by Gasteiger charge is 2.33. The summed E-state index contributed by atoms with van der Waals surface area (Å²) in [6, 6.07) is 7.57. The number of pyridine rings is 1. The third-order valence-corrected chi connectivity index (χ3v) is 5.61. The Bertz CT molecular complexity index is 1330. The molecule has 3 aromatic heterocycles. The summed E-state index contributed by atoms with van der Waals surface area (Å²) in [5.41, 5.74) is 2.13. The van der Waals surface area contributed by atoms with Crippen LogP contribution in [-0.2, 0) is 17.3 Å². The molecule has 7 nitrogen and oxygen atoms in total. The Hall–Kier alpha value is -3.58. The Labute approximate surface area is 180 Å². The maximum Gasteiger partial charge on any atom is 0.434 e. The summed E-state index contributed by atoms with van der Waals surface area (Å²) in [5, 5.41) is 10.2. The fraction of sp³-hybridized carbons (Fsp3) is 0.318. The van der Waals surface area contributed by atoms with Crippen molar-refractivity contribution in [1.29, 1.82) is 5.26 Å². The number of halogens is 3. The average Bonchev–Trinajstić information content (AvgIpc) is 3.17. The lowest BCUT2D eigenvalue weighted by Gasteiger charge is -2.26. The number of ether oxygens (including phenoxy) is 1. The summed E-state index contributed by atoms with van der Waals surface area (Å²) in [6.45, 7) is 1.21. The maximum absolute atomic E-state index is 12.8. The molecule has 32 heavy (non-hydrogen) atoms. The molecule has 0 N–H and O–H groups in total. The molecule has 0 bridgehead atoms. The first-order valence-corrected chi connectivity index (χ1v) is 10.1. The molecule has 0 amide bonds. The van der Waals surface area contributed by atoms with Crippen LogP contribution in [0.5, 0.6) is 0 Å². The van der Waals surface area contributed by atoms with Crippen LogP contribution in [0, 0.1) is 11.3 Å². The summed E-state index contributed by atoms with van der Waals surface area (Å²) in [5.74, 6) is 0.664. The molecule has 0 aliphatic carbocycles. The Morgan fingerprint density at radius 1 is 1.06 bits per heavy atom. The maximum atomic E-state index is 12.8. The van der Waals surface area contributed by atoms with Crippen molar-refractivity contribution in [3.8, 4) is 6.07 Å². The number of nitrogens with zero attached hydrogens (tertiary/aromatic N) is 6. The van der Waals surface area contributed by atoms with E-state index in [4.69, 9.17) is 9.72 Å². The van der Waals surface area contributed by atoms with Crippen LogP contribution in [0.4, 0.5) is 13.2 Å². The second-order valence-electron chi connectivity index (χ2n) is 7.64. The number of hydrogen-bond donors (Lipinski definition) is 0. The molecule has 0 radical (unpaired) electrons. The quantitative estimate of drug-likeness (QED) is 0.476. The number of hydrogen-bond acceptors (Lipinski definition) is 6. The van der Waals surface area contributed by atoms with Crippen LogP contribution in [0.1, 0.15) is 41.7 Å². The number of nitriles is 1. The third kappa shape index (κ3) is 3.65. The summed E-state index contributed by atoms with van der Waals surface area (Å²) in [6.07, 6.45) is 0.799. The third-order valence-electron chi connectivity index (χ3n) is 5.61. The normalized spacial score (nSPS) is 15.3. The minimum atomic E-state index is -4.54. The van der Waals surface area contributed by atoms with Gasteiger partial charge in [0.05, 0.1) is 40.8 Å². The van der Waals surface area contributed by atoms with Crippen LogP contribution < -0.4 is 0 Å². The zero-order valence-electron chi connectivity index (χ0n) is 16.8. The molecule has 1 saturated heterocycles. The van der Waals surface area contributed by atoms with Gasteiger partial charge in [-0.2, -0.15) is 18.4 Å². The van der Waals surface area contributed by atoms with Crippen molar-refractivity contribution in [3.05, 3.63) is 59.6 Å². The topological polar surface area (TPSA) is 89.5 Å². The number of imidazole rings is 1. The van der Waals surface area contributed by atoms with Gasteiger partial charge in [0, 0.05) is 37.3 Å². The van der Waals surface area contributed by atoms with Crippen LogP contribution >= 0.6 is 0 Å². The fourth-order valence-corrected chi connectivity index (χ4v) is 4.11. The van der Waals surface area contributed by atoms with Crippen LogP contribution in [0.25, 0.3) is 21.9 Å². The molecule has 0 spiro atoms. The summed E-state index contributed by atoms with van der Waals surface area (Å²) >= 11 is 0. The molecular weight excluding hydrogens is 421 g/mol. The van der Waals surface area contributed by atoms with Gasteiger partial charge in [-0.15, -0.1) is 0 Å². The van der Waals surface area contributed by atoms with Gasteiger partial charge < -0.3 is 9.30 Å². The molecule has 162 valence electrons. The first-order chi connectivity index (χ1) is 15.4. The van der Waals surface area contributed by atoms with Crippen molar-refractivity contribution in [3.63, 3.8) is 0 Å². The molecule has 0 atom stereocenters. The molecule has 4 heterocycles. The standard InChI is InChI=1S/C22H17F3N6O/c23-22(24,25)19-12-27-14(10-29-19)8-20-30-18-11-28-17-2-1-13(9-26)7-16(17)21(18)31(20)15-3-5-32-6-4-15/h1-2,7,10-12,15H,3-6,8H2. The highest BCUT2D eigenvalue weighted by molar-refractivity contribution is 6.02. The number of benzene rings is 1. The highest BCUT2D eigenvalue weighted by Crippen LogP contribution is 2.33. The monoisotopic (exact) mass is 438 g/mol. The molecule has 1 aliphatic heterocycles. The van der Waals surface area contributed by atoms with Gasteiger partial charge in [0.2, 0.25) is 0 Å². The van der Waals surface area contributed by atoms with Crippen LogP contribution in [0.3, 0.4) is 0 Å². The van der Waals surface area contributed by atoms with E-state index in [-0.39, 0.29) is 12.5 Å². The van der Waals surface area contributed by atoms with Gasteiger partial charge in [0.15, 0.2) is 5.69 Å². The van der Waals surface area contributed by atoms with E-state index in [1.165, 1.54) is 0 Å². The summed E-state index contributed by atoms with van der Waals surface area (Å²) in [7, 11) is 0. The van der Waals surface area contributed by atoms with Gasteiger partial charge in [-0.3, -0.25) is 9.97 Å². The van der Waals surface area contributed by atoms with Gasteiger partial charge in [-0.1, -0.05) is 0 Å². The number of fused-ring (bicyclic) bond motifs is 3. The van der Waals surface area contributed by atoms with Crippen molar-refractivity contribution in [2.45, 2.75) is 31.5 Å². The lowest BCUT2D eigenvalue weighted by molar-refractivity contribution is -0.141. The predicted octanol–water partition coefficient (Wildman–Crippen LogP) is 4.21. The predicted molar refractivity (Wildman–Crippen MR) is 109 cm³/mol. The van der Waals surface area contributed by atoms with Crippen LogP contribution in [-0.4, -0.2) is 37.7 Å². The lowest BCUT2D eigenvalue weighted by atomic mass is 10.1. The van der Waals surface area contributed by atoms with Crippen molar-refractivity contribution >= 4 is 21.9 Å². The van der Waals surface area contributed by atoms with Gasteiger partial charge in [-0.25, -0.2) is 9.97 Å². The average molecular weight is 438 g/mol. The van der Waals surface area contributed by atoms with E-state index in [9.17, 15) is 18.4 Å². The Balaban J connectivity index is 1.66. The second-order valence-corrected chi connectivity index (χ2v) is 7.64. The minimum absolute atomic E-state index is 0.0995. The van der Waals surface area contributed by atoms with Crippen molar-refractivity contribution < 1.29 is 17.9 Å². The van der Waals surface area contributed by atoms with E-state index in [2.05, 4.69) is 25.6 Å². The van der Waals surface area contributed by atoms with E-state index >= 15 is 0 Å². The molecular formula is C22H17F3N6O. The zero-order chi connectivity index (χ0) is 22.3. The minimum Gasteiger partial charge on any atom is -0.381 e. The van der Waals surface area contributed by atoms with E-state index in [0.29, 0.717) is 35.8 Å².